The SMILES string of the molecule is C[C@H](Sc1nnc(N2CCCC2)n1C1CC1)C(=O)NCc1ccco1. The first-order valence-electron chi connectivity index (χ1n) is 8.89. The van der Waals surface area contributed by atoms with E-state index in [9.17, 15) is 4.79 Å². The van der Waals surface area contributed by atoms with E-state index in [1.165, 1.54) is 37.4 Å². The number of nitrogens with zero attached hydrogens (tertiary/aromatic N) is 4. The highest BCUT2D eigenvalue weighted by Gasteiger charge is 2.33. The van der Waals surface area contributed by atoms with Gasteiger partial charge in [0, 0.05) is 19.1 Å². The molecule has 1 saturated heterocycles. The van der Waals surface area contributed by atoms with E-state index in [1.54, 1.807) is 6.26 Å². The molecule has 0 bridgehead atoms. The summed E-state index contributed by atoms with van der Waals surface area (Å²) in [5, 5.41) is 12.3. The summed E-state index contributed by atoms with van der Waals surface area (Å²) in [7, 11) is 0. The maximum atomic E-state index is 12.4. The van der Waals surface area contributed by atoms with Crippen molar-refractivity contribution in [3.8, 4) is 0 Å². The van der Waals surface area contributed by atoms with E-state index in [2.05, 4.69) is 25.0 Å². The largest absolute Gasteiger partial charge is 0.467 e. The summed E-state index contributed by atoms with van der Waals surface area (Å²) in [4.78, 5) is 14.7. The van der Waals surface area contributed by atoms with Crippen molar-refractivity contribution in [3.63, 3.8) is 0 Å². The molecule has 2 aliphatic rings. The molecule has 2 aromatic rings. The van der Waals surface area contributed by atoms with Gasteiger partial charge in [0.2, 0.25) is 11.9 Å². The van der Waals surface area contributed by atoms with Crippen LogP contribution in [0.2, 0.25) is 0 Å². The highest BCUT2D eigenvalue weighted by Crippen LogP contribution is 2.42. The summed E-state index contributed by atoms with van der Waals surface area (Å²) < 4.78 is 7.49. The van der Waals surface area contributed by atoms with Gasteiger partial charge in [-0.2, -0.15) is 0 Å². The second kappa shape index (κ2) is 7.11. The molecule has 1 aliphatic carbocycles. The van der Waals surface area contributed by atoms with Crippen molar-refractivity contribution in [2.75, 3.05) is 18.0 Å². The molecule has 25 heavy (non-hydrogen) atoms. The minimum absolute atomic E-state index is 0.0190. The van der Waals surface area contributed by atoms with Gasteiger partial charge in [-0.1, -0.05) is 11.8 Å². The molecule has 0 aromatic carbocycles. The molecule has 1 atom stereocenters. The number of furan rings is 1. The fourth-order valence-corrected chi connectivity index (χ4v) is 4.02. The van der Waals surface area contributed by atoms with Gasteiger partial charge >= 0.3 is 0 Å². The third kappa shape index (κ3) is 3.68. The second-order valence-corrected chi connectivity index (χ2v) is 7.94. The van der Waals surface area contributed by atoms with Crippen LogP contribution in [0.25, 0.3) is 0 Å². The van der Waals surface area contributed by atoms with Crippen LogP contribution in [-0.2, 0) is 11.3 Å². The zero-order valence-corrected chi connectivity index (χ0v) is 15.2. The minimum atomic E-state index is -0.233. The third-order valence-corrected chi connectivity index (χ3v) is 5.67. The lowest BCUT2D eigenvalue weighted by Gasteiger charge is -2.18. The summed E-state index contributed by atoms with van der Waals surface area (Å²) in [6, 6.07) is 4.16. The van der Waals surface area contributed by atoms with Gasteiger partial charge < -0.3 is 14.6 Å². The number of hydrogen-bond acceptors (Lipinski definition) is 6. The predicted octanol–water partition coefficient (Wildman–Crippen LogP) is 2.60. The van der Waals surface area contributed by atoms with Gasteiger partial charge in [-0.15, -0.1) is 10.2 Å². The fraction of sp³-hybridized carbons (Fsp3) is 0.588. The van der Waals surface area contributed by atoms with Crippen molar-refractivity contribution in [3.05, 3.63) is 24.2 Å². The highest BCUT2D eigenvalue weighted by molar-refractivity contribution is 8.00. The van der Waals surface area contributed by atoms with Crippen LogP contribution in [0.3, 0.4) is 0 Å². The average molecular weight is 361 g/mol. The number of amides is 1. The Hall–Kier alpha value is -1.96. The number of hydrogen-bond donors (Lipinski definition) is 1. The first-order chi connectivity index (χ1) is 12.2. The topological polar surface area (TPSA) is 76.2 Å². The standard InChI is InChI=1S/C17H23N5O2S/c1-12(15(23)18-11-14-5-4-10-24-14)25-17-20-19-16(21-8-2-3-9-21)22(17)13-6-7-13/h4-5,10,12-13H,2-3,6-9,11H2,1H3,(H,18,23)/t12-/m0/s1. The lowest BCUT2D eigenvalue weighted by Crippen LogP contribution is -2.30. The number of carbonyl (C=O) groups excluding carboxylic acids is 1. The molecular formula is C17H23N5O2S. The number of carbonyl (C=O) groups is 1. The number of aromatic nitrogens is 3. The van der Waals surface area contributed by atoms with E-state index in [4.69, 9.17) is 4.42 Å². The van der Waals surface area contributed by atoms with E-state index in [1.807, 2.05) is 19.1 Å². The summed E-state index contributed by atoms with van der Waals surface area (Å²) in [6.07, 6.45) is 6.38. The molecule has 1 aliphatic heterocycles. The molecule has 0 radical (unpaired) electrons. The molecule has 1 N–H and O–H groups in total. The monoisotopic (exact) mass is 361 g/mol. The first kappa shape index (κ1) is 16.5. The van der Waals surface area contributed by atoms with Gasteiger partial charge in [0.25, 0.3) is 0 Å². The van der Waals surface area contributed by atoms with Crippen molar-refractivity contribution < 1.29 is 9.21 Å². The van der Waals surface area contributed by atoms with Crippen LogP contribution in [0.5, 0.6) is 0 Å². The van der Waals surface area contributed by atoms with Crippen molar-refractivity contribution in [2.24, 2.45) is 0 Å². The lowest BCUT2D eigenvalue weighted by atomic mass is 10.4. The van der Waals surface area contributed by atoms with E-state index in [0.29, 0.717) is 12.6 Å². The Morgan fingerprint density at radius 3 is 2.88 bits per heavy atom. The zero-order chi connectivity index (χ0) is 17.2. The van der Waals surface area contributed by atoms with Crippen LogP contribution in [0.15, 0.2) is 28.0 Å². The number of rotatable bonds is 7. The van der Waals surface area contributed by atoms with Crippen LogP contribution in [-0.4, -0.2) is 39.0 Å². The van der Waals surface area contributed by atoms with E-state index in [0.717, 1.165) is 30.0 Å². The van der Waals surface area contributed by atoms with Crippen LogP contribution in [0.1, 0.15) is 44.4 Å². The Bertz CT molecular complexity index is 719. The first-order valence-corrected chi connectivity index (χ1v) is 9.77. The summed E-state index contributed by atoms with van der Waals surface area (Å²) in [6.45, 7) is 4.41. The number of thioether (sulfide) groups is 1. The van der Waals surface area contributed by atoms with Crippen LogP contribution < -0.4 is 10.2 Å². The van der Waals surface area contributed by atoms with Gasteiger partial charge in [0.05, 0.1) is 18.1 Å². The van der Waals surface area contributed by atoms with E-state index < -0.39 is 0 Å². The molecule has 4 rings (SSSR count). The molecule has 3 heterocycles. The smallest absolute Gasteiger partial charge is 0.233 e. The normalized spacial score (nSPS) is 18.5. The molecule has 2 aromatic heterocycles. The van der Waals surface area contributed by atoms with Crippen molar-refractivity contribution in [2.45, 2.75) is 55.6 Å². The molecule has 8 heteroatoms. The Morgan fingerprint density at radius 2 is 2.20 bits per heavy atom. The van der Waals surface area contributed by atoms with Crippen LogP contribution >= 0.6 is 11.8 Å². The Labute approximate surface area is 151 Å². The molecular weight excluding hydrogens is 338 g/mol. The molecule has 1 saturated carbocycles. The van der Waals surface area contributed by atoms with Gasteiger partial charge in [-0.3, -0.25) is 9.36 Å². The minimum Gasteiger partial charge on any atom is -0.467 e. The maximum absolute atomic E-state index is 12.4. The molecule has 2 fully saturated rings. The lowest BCUT2D eigenvalue weighted by molar-refractivity contribution is -0.120. The molecule has 0 unspecified atom stereocenters. The molecule has 134 valence electrons. The maximum Gasteiger partial charge on any atom is 0.233 e. The average Bonchev–Trinajstić information content (AvgIpc) is 3.05. The zero-order valence-electron chi connectivity index (χ0n) is 14.4. The van der Waals surface area contributed by atoms with Gasteiger partial charge in [-0.05, 0) is 44.7 Å². The Balaban J connectivity index is 1.42. The summed E-state index contributed by atoms with van der Waals surface area (Å²) >= 11 is 1.48. The Morgan fingerprint density at radius 1 is 1.40 bits per heavy atom. The molecule has 1 amide bonds. The quantitative estimate of drug-likeness (QED) is 0.764. The van der Waals surface area contributed by atoms with Crippen molar-refractivity contribution in [1.29, 1.82) is 0 Å². The molecule has 7 nitrogen and oxygen atoms in total. The van der Waals surface area contributed by atoms with E-state index in [-0.39, 0.29) is 11.2 Å². The molecule has 0 spiro atoms. The van der Waals surface area contributed by atoms with E-state index >= 15 is 0 Å². The predicted molar refractivity (Wildman–Crippen MR) is 95.6 cm³/mol. The summed E-state index contributed by atoms with van der Waals surface area (Å²) in [5.74, 6) is 1.71. The van der Waals surface area contributed by atoms with Crippen molar-refractivity contribution in [1.82, 2.24) is 20.1 Å². The third-order valence-electron chi connectivity index (χ3n) is 4.62. The summed E-state index contributed by atoms with van der Waals surface area (Å²) in [5.41, 5.74) is 0. The van der Waals surface area contributed by atoms with Crippen molar-refractivity contribution >= 4 is 23.6 Å². The second-order valence-electron chi connectivity index (χ2n) is 6.64. The van der Waals surface area contributed by atoms with Gasteiger partial charge in [0.15, 0.2) is 5.16 Å². The van der Waals surface area contributed by atoms with Gasteiger partial charge in [-0.25, -0.2) is 0 Å². The number of nitrogens with one attached hydrogen (secondary N) is 1. The van der Waals surface area contributed by atoms with Crippen LogP contribution in [0.4, 0.5) is 5.95 Å². The highest BCUT2D eigenvalue weighted by atomic mass is 32.2. The van der Waals surface area contributed by atoms with Gasteiger partial charge in [0.1, 0.15) is 5.76 Å². The fourth-order valence-electron chi connectivity index (χ4n) is 3.08. The number of anilines is 1. The Kier molecular flexibility index (Phi) is 4.70. The van der Waals surface area contributed by atoms with Crippen LogP contribution in [0, 0.1) is 0 Å².